The number of sulfonamides is 1. The van der Waals surface area contributed by atoms with Crippen molar-refractivity contribution in [1.82, 2.24) is 0 Å². The summed E-state index contributed by atoms with van der Waals surface area (Å²) in [4.78, 5) is 0.290. The molecule has 1 aliphatic heterocycles. The van der Waals surface area contributed by atoms with E-state index in [1.54, 1.807) is 18.2 Å². The molecule has 1 aliphatic rings. The number of hydrogen-bond donors (Lipinski definition) is 2. The molecule has 6 heteroatoms. The summed E-state index contributed by atoms with van der Waals surface area (Å²) in [6.07, 6.45) is 0.854. The first-order valence-corrected chi connectivity index (χ1v) is 8.90. The highest BCUT2D eigenvalue weighted by molar-refractivity contribution is 9.10. The van der Waals surface area contributed by atoms with E-state index in [0.29, 0.717) is 10.6 Å². The van der Waals surface area contributed by atoms with E-state index in [0.717, 1.165) is 34.3 Å². The number of anilines is 2. The highest BCUT2D eigenvalue weighted by atomic mass is 79.9. The van der Waals surface area contributed by atoms with Crippen molar-refractivity contribution in [1.29, 1.82) is 0 Å². The van der Waals surface area contributed by atoms with E-state index in [1.807, 2.05) is 25.1 Å². The molecular weight excluding hydrogens is 352 g/mol. The van der Waals surface area contributed by atoms with Gasteiger partial charge in [0.25, 0.3) is 10.0 Å². The van der Waals surface area contributed by atoms with Crippen LogP contribution in [0.2, 0.25) is 0 Å². The number of fused-ring (bicyclic) bond motifs is 1. The molecular formula is C15H15BrN2O2S. The molecule has 1 heterocycles. The smallest absolute Gasteiger partial charge is 0.261 e. The molecule has 2 aromatic carbocycles. The predicted octanol–water partition coefficient (Wildman–Crippen LogP) is 3.53. The van der Waals surface area contributed by atoms with Crippen LogP contribution in [0.15, 0.2) is 45.8 Å². The Hall–Kier alpha value is -1.53. The Balaban J connectivity index is 1.96. The first-order chi connectivity index (χ1) is 9.97. The van der Waals surface area contributed by atoms with Crippen molar-refractivity contribution >= 4 is 37.3 Å². The molecule has 0 atom stereocenters. The molecule has 4 nitrogen and oxygen atoms in total. The fraction of sp³-hybridized carbons (Fsp3) is 0.200. The van der Waals surface area contributed by atoms with Gasteiger partial charge in [0.2, 0.25) is 0 Å². The van der Waals surface area contributed by atoms with Gasteiger partial charge in [-0.25, -0.2) is 8.42 Å². The molecule has 0 saturated carbocycles. The average molecular weight is 367 g/mol. The lowest BCUT2D eigenvalue weighted by Crippen LogP contribution is -2.13. The van der Waals surface area contributed by atoms with Gasteiger partial charge in [0.15, 0.2) is 0 Å². The third kappa shape index (κ3) is 2.78. The zero-order valence-electron chi connectivity index (χ0n) is 11.5. The average Bonchev–Trinajstić information content (AvgIpc) is 2.91. The predicted molar refractivity (Wildman–Crippen MR) is 88.3 cm³/mol. The fourth-order valence-electron chi connectivity index (χ4n) is 2.38. The molecule has 0 fully saturated rings. The van der Waals surface area contributed by atoms with E-state index in [4.69, 9.17) is 0 Å². The van der Waals surface area contributed by atoms with Gasteiger partial charge < -0.3 is 5.32 Å². The molecule has 0 radical (unpaired) electrons. The maximum Gasteiger partial charge on any atom is 0.261 e. The minimum atomic E-state index is -3.58. The van der Waals surface area contributed by atoms with Crippen LogP contribution in [0.25, 0.3) is 0 Å². The highest BCUT2D eigenvalue weighted by Gasteiger charge is 2.19. The van der Waals surface area contributed by atoms with Crippen LogP contribution < -0.4 is 10.0 Å². The number of rotatable bonds is 3. The summed E-state index contributed by atoms with van der Waals surface area (Å²) in [7, 11) is -3.58. The van der Waals surface area contributed by atoms with Crippen LogP contribution in [0.5, 0.6) is 0 Å². The summed E-state index contributed by atoms with van der Waals surface area (Å²) in [5.41, 5.74) is 3.59. The summed E-state index contributed by atoms with van der Waals surface area (Å²) in [6, 6.07) is 10.7. The van der Waals surface area contributed by atoms with Crippen LogP contribution in [-0.2, 0) is 16.4 Å². The maximum atomic E-state index is 12.5. The number of benzene rings is 2. The van der Waals surface area contributed by atoms with Crippen molar-refractivity contribution in [3.8, 4) is 0 Å². The zero-order chi connectivity index (χ0) is 15.0. The van der Waals surface area contributed by atoms with Gasteiger partial charge in [0, 0.05) is 16.7 Å². The van der Waals surface area contributed by atoms with Crippen LogP contribution in [0, 0.1) is 6.92 Å². The van der Waals surface area contributed by atoms with E-state index in [2.05, 4.69) is 26.0 Å². The quantitative estimate of drug-likeness (QED) is 0.873. The van der Waals surface area contributed by atoms with E-state index >= 15 is 0 Å². The summed E-state index contributed by atoms with van der Waals surface area (Å²) in [6.45, 7) is 2.78. The van der Waals surface area contributed by atoms with Crippen LogP contribution in [0.1, 0.15) is 11.1 Å². The van der Waals surface area contributed by atoms with Gasteiger partial charge in [-0.3, -0.25) is 4.72 Å². The van der Waals surface area contributed by atoms with Crippen molar-refractivity contribution in [2.45, 2.75) is 18.2 Å². The lowest BCUT2D eigenvalue weighted by atomic mass is 10.2. The molecule has 0 aromatic heterocycles. The summed E-state index contributed by atoms with van der Waals surface area (Å²) >= 11 is 3.42. The number of halogens is 1. The van der Waals surface area contributed by atoms with E-state index in [9.17, 15) is 8.42 Å². The molecule has 2 N–H and O–H groups in total. The van der Waals surface area contributed by atoms with Crippen molar-refractivity contribution in [3.05, 3.63) is 52.0 Å². The third-order valence-electron chi connectivity index (χ3n) is 3.53. The molecule has 0 saturated heterocycles. The summed E-state index contributed by atoms with van der Waals surface area (Å²) in [5.74, 6) is 0. The van der Waals surface area contributed by atoms with Gasteiger partial charge >= 0.3 is 0 Å². The molecule has 2 aromatic rings. The van der Waals surface area contributed by atoms with Crippen molar-refractivity contribution in [3.63, 3.8) is 0 Å². The molecule has 21 heavy (non-hydrogen) atoms. The van der Waals surface area contributed by atoms with E-state index < -0.39 is 10.0 Å². The molecule has 0 amide bonds. The second kappa shape index (κ2) is 5.35. The largest absolute Gasteiger partial charge is 0.384 e. The highest BCUT2D eigenvalue weighted by Crippen LogP contribution is 2.30. The van der Waals surface area contributed by atoms with Gasteiger partial charge in [0.1, 0.15) is 0 Å². The lowest BCUT2D eigenvalue weighted by Gasteiger charge is -2.12. The Kier molecular flexibility index (Phi) is 3.67. The fourth-order valence-corrected chi connectivity index (χ4v) is 4.00. The lowest BCUT2D eigenvalue weighted by molar-refractivity contribution is 0.601. The molecule has 3 rings (SSSR count). The van der Waals surface area contributed by atoms with Gasteiger partial charge in [-0.2, -0.15) is 0 Å². The minimum absolute atomic E-state index is 0.290. The second-order valence-electron chi connectivity index (χ2n) is 5.04. The molecule has 0 spiro atoms. The Bertz CT molecular complexity index is 803. The minimum Gasteiger partial charge on any atom is -0.384 e. The second-order valence-corrected chi connectivity index (χ2v) is 7.51. The first-order valence-electron chi connectivity index (χ1n) is 6.62. The zero-order valence-corrected chi connectivity index (χ0v) is 13.9. The van der Waals surface area contributed by atoms with E-state index in [1.165, 1.54) is 0 Å². The standard InChI is InChI=1S/C15H15BrN2O2S/c1-10-3-2-4-14(15(10)16)18-21(19,20)12-5-6-13-11(9-12)7-8-17-13/h2-6,9,17-18H,7-8H2,1H3. The van der Waals surface area contributed by atoms with Gasteiger partial charge in [-0.05, 0) is 64.7 Å². The van der Waals surface area contributed by atoms with Gasteiger partial charge in [-0.1, -0.05) is 12.1 Å². The molecule has 0 unspecified atom stereocenters. The van der Waals surface area contributed by atoms with Gasteiger partial charge in [0.05, 0.1) is 10.6 Å². The SMILES string of the molecule is Cc1cccc(NS(=O)(=O)c2ccc3c(c2)CCN3)c1Br. The molecule has 0 aliphatic carbocycles. The Morgan fingerprint density at radius 3 is 2.86 bits per heavy atom. The topological polar surface area (TPSA) is 58.2 Å². The number of hydrogen-bond acceptors (Lipinski definition) is 3. The molecule has 110 valence electrons. The Morgan fingerprint density at radius 1 is 1.24 bits per heavy atom. The Labute approximate surface area is 132 Å². The number of nitrogens with one attached hydrogen (secondary N) is 2. The summed E-state index contributed by atoms with van der Waals surface area (Å²) < 4.78 is 28.4. The van der Waals surface area contributed by atoms with Crippen LogP contribution >= 0.6 is 15.9 Å². The molecule has 0 bridgehead atoms. The first kappa shape index (κ1) is 14.4. The normalized spacial score (nSPS) is 13.6. The van der Waals surface area contributed by atoms with Crippen molar-refractivity contribution in [2.75, 3.05) is 16.6 Å². The third-order valence-corrected chi connectivity index (χ3v) is 5.95. The van der Waals surface area contributed by atoms with Crippen molar-refractivity contribution in [2.24, 2.45) is 0 Å². The monoisotopic (exact) mass is 366 g/mol. The number of aryl methyl sites for hydroxylation is 1. The van der Waals surface area contributed by atoms with E-state index in [-0.39, 0.29) is 0 Å². The van der Waals surface area contributed by atoms with Crippen LogP contribution in [-0.4, -0.2) is 15.0 Å². The summed E-state index contributed by atoms with van der Waals surface area (Å²) in [5, 5.41) is 3.22. The van der Waals surface area contributed by atoms with Crippen molar-refractivity contribution < 1.29 is 8.42 Å². The maximum absolute atomic E-state index is 12.5. The van der Waals surface area contributed by atoms with Crippen LogP contribution in [0.4, 0.5) is 11.4 Å². The van der Waals surface area contributed by atoms with Crippen LogP contribution in [0.3, 0.4) is 0 Å². The van der Waals surface area contributed by atoms with Gasteiger partial charge in [-0.15, -0.1) is 0 Å². The Morgan fingerprint density at radius 2 is 2.05 bits per heavy atom.